The molecule has 1 amide bonds. The minimum Gasteiger partial charge on any atom is -0.352 e. The first-order valence-electron chi connectivity index (χ1n) is 7.36. The summed E-state index contributed by atoms with van der Waals surface area (Å²) in [5, 5.41) is 2.86. The Balaban J connectivity index is 1.71. The van der Waals surface area contributed by atoms with Gasteiger partial charge in [-0.25, -0.2) is 13.1 Å². The molecule has 2 N–H and O–H groups in total. The topological polar surface area (TPSA) is 75.3 Å². The molecule has 0 spiro atoms. The van der Waals surface area contributed by atoms with Crippen LogP contribution in [0.4, 0.5) is 0 Å². The van der Waals surface area contributed by atoms with E-state index in [1.165, 1.54) is 0 Å². The Kier molecular flexibility index (Phi) is 5.76. The summed E-state index contributed by atoms with van der Waals surface area (Å²) >= 11 is 0. The molecular formula is C15H22N2O3S. The first kappa shape index (κ1) is 16.0. The van der Waals surface area contributed by atoms with E-state index in [1.807, 2.05) is 30.3 Å². The largest absolute Gasteiger partial charge is 0.352 e. The Bertz CT molecular complexity index is 552. The molecule has 0 bridgehead atoms. The van der Waals surface area contributed by atoms with Crippen molar-refractivity contribution in [3.63, 3.8) is 0 Å². The predicted octanol–water partition coefficient (Wildman–Crippen LogP) is 1.21. The second-order valence-electron chi connectivity index (χ2n) is 5.42. The fraction of sp³-hybridized carbons (Fsp3) is 0.533. The van der Waals surface area contributed by atoms with Crippen LogP contribution < -0.4 is 10.0 Å². The van der Waals surface area contributed by atoms with E-state index in [-0.39, 0.29) is 24.2 Å². The van der Waals surface area contributed by atoms with Crippen LogP contribution in [-0.2, 0) is 21.2 Å². The van der Waals surface area contributed by atoms with Crippen molar-refractivity contribution in [2.24, 2.45) is 0 Å². The maximum absolute atomic E-state index is 11.9. The number of amides is 1. The number of sulfonamides is 1. The van der Waals surface area contributed by atoms with Gasteiger partial charge in [0.15, 0.2) is 0 Å². The van der Waals surface area contributed by atoms with Gasteiger partial charge in [0.25, 0.3) is 0 Å². The Morgan fingerprint density at radius 3 is 2.48 bits per heavy atom. The molecule has 116 valence electrons. The fourth-order valence-electron chi connectivity index (χ4n) is 2.49. The molecule has 0 aromatic heterocycles. The van der Waals surface area contributed by atoms with Crippen LogP contribution in [0.2, 0.25) is 0 Å². The monoisotopic (exact) mass is 310 g/mol. The Labute approximate surface area is 126 Å². The number of carbonyl (C=O) groups excluding carboxylic acids is 1. The van der Waals surface area contributed by atoms with Crippen molar-refractivity contribution in [3.8, 4) is 0 Å². The number of hydrogen-bond donors (Lipinski definition) is 2. The lowest BCUT2D eigenvalue weighted by Crippen LogP contribution is -2.41. The molecule has 1 saturated carbocycles. The molecule has 0 saturated heterocycles. The Hall–Kier alpha value is -1.40. The number of nitrogens with one attached hydrogen (secondary N) is 2. The van der Waals surface area contributed by atoms with E-state index in [0.717, 1.165) is 31.2 Å². The molecule has 1 aliphatic carbocycles. The summed E-state index contributed by atoms with van der Waals surface area (Å²) in [6.45, 7) is -0.173. The second-order valence-corrected chi connectivity index (χ2v) is 7.35. The lowest BCUT2D eigenvalue weighted by molar-refractivity contribution is -0.120. The number of carbonyl (C=O) groups is 1. The molecule has 0 radical (unpaired) electrons. The highest BCUT2D eigenvalue weighted by atomic mass is 32.2. The summed E-state index contributed by atoms with van der Waals surface area (Å²) < 4.78 is 26.1. The summed E-state index contributed by atoms with van der Waals surface area (Å²) in [6, 6.07) is 9.65. The van der Waals surface area contributed by atoms with Crippen molar-refractivity contribution >= 4 is 15.9 Å². The number of hydrogen-bond acceptors (Lipinski definition) is 3. The standard InChI is InChI=1S/C15H22N2O3S/c18-15(17-14-8-4-5-9-14)12-16-21(19,20)11-10-13-6-2-1-3-7-13/h1-3,6-7,14,16H,4-5,8-12H2,(H,17,18). The molecule has 1 fully saturated rings. The van der Waals surface area contributed by atoms with Crippen LogP contribution in [0, 0.1) is 0 Å². The molecule has 1 aromatic carbocycles. The van der Waals surface area contributed by atoms with Crippen LogP contribution in [0.1, 0.15) is 31.2 Å². The van der Waals surface area contributed by atoms with E-state index in [0.29, 0.717) is 6.42 Å². The van der Waals surface area contributed by atoms with Crippen molar-refractivity contribution in [1.82, 2.24) is 10.0 Å². The fourth-order valence-corrected chi connectivity index (χ4v) is 3.49. The highest BCUT2D eigenvalue weighted by Gasteiger charge is 2.18. The van der Waals surface area contributed by atoms with Crippen LogP contribution >= 0.6 is 0 Å². The van der Waals surface area contributed by atoms with Crippen LogP contribution in [0.15, 0.2) is 30.3 Å². The van der Waals surface area contributed by atoms with Gasteiger partial charge in [-0.3, -0.25) is 4.79 Å². The van der Waals surface area contributed by atoms with Crippen LogP contribution in [0.3, 0.4) is 0 Å². The molecular weight excluding hydrogens is 288 g/mol. The third-order valence-electron chi connectivity index (χ3n) is 3.68. The minimum absolute atomic E-state index is 0.00623. The van der Waals surface area contributed by atoms with Crippen molar-refractivity contribution in [2.75, 3.05) is 12.3 Å². The first-order valence-corrected chi connectivity index (χ1v) is 9.01. The van der Waals surface area contributed by atoms with Gasteiger partial charge >= 0.3 is 0 Å². The van der Waals surface area contributed by atoms with E-state index in [2.05, 4.69) is 10.0 Å². The zero-order valence-corrected chi connectivity index (χ0v) is 12.9. The van der Waals surface area contributed by atoms with E-state index in [9.17, 15) is 13.2 Å². The summed E-state index contributed by atoms with van der Waals surface area (Å²) in [7, 11) is -3.42. The third kappa shape index (κ3) is 5.85. The molecule has 5 nitrogen and oxygen atoms in total. The van der Waals surface area contributed by atoms with Gasteiger partial charge in [-0.2, -0.15) is 0 Å². The van der Waals surface area contributed by atoms with Gasteiger partial charge in [-0.15, -0.1) is 0 Å². The summed E-state index contributed by atoms with van der Waals surface area (Å²) in [5.41, 5.74) is 0.971. The first-order chi connectivity index (χ1) is 10.1. The Morgan fingerprint density at radius 1 is 1.14 bits per heavy atom. The van der Waals surface area contributed by atoms with Crippen LogP contribution in [0.5, 0.6) is 0 Å². The second kappa shape index (κ2) is 7.56. The van der Waals surface area contributed by atoms with Gasteiger partial charge < -0.3 is 5.32 Å². The molecule has 2 rings (SSSR count). The zero-order chi connectivity index (χ0) is 15.1. The molecule has 1 aliphatic rings. The van der Waals surface area contributed by atoms with Crippen LogP contribution in [-0.4, -0.2) is 32.7 Å². The smallest absolute Gasteiger partial charge is 0.235 e. The van der Waals surface area contributed by atoms with Gasteiger partial charge in [0.2, 0.25) is 15.9 Å². The normalized spacial score (nSPS) is 16.0. The quantitative estimate of drug-likeness (QED) is 0.795. The number of rotatable bonds is 7. The minimum atomic E-state index is -3.42. The van der Waals surface area contributed by atoms with Gasteiger partial charge in [0.05, 0.1) is 12.3 Å². The van der Waals surface area contributed by atoms with Crippen LogP contribution in [0.25, 0.3) is 0 Å². The third-order valence-corrected chi connectivity index (χ3v) is 5.00. The highest BCUT2D eigenvalue weighted by Crippen LogP contribution is 2.17. The number of benzene rings is 1. The molecule has 0 unspecified atom stereocenters. The maximum atomic E-state index is 11.9. The van der Waals surface area contributed by atoms with Crippen molar-refractivity contribution < 1.29 is 13.2 Å². The van der Waals surface area contributed by atoms with E-state index in [1.54, 1.807) is 0 Å². The zero-order valence-electron chi connectivity index (χ0n) is 12.0. The molecule has 21 heavy (non-hydrogen) atoms. The molecule has 0 atom stereocenters. The summed E-state index contributed by atoms with van der Waals surface area (Å²) in [5.74, 6) is -0.251. The SMILES string of the molecule is O=C(CNS(=O)(=O)CCc1ccccc1)NC1CCCC1. The lowest BCUT2D eigenvalue weighted by atomic mass is 10.2. The molecule has 1 aromatic rings. The van der Waals surface area contributed by atoms with Crippen molar-refractivity contribution in [1.29, 1.82) is 0 Å². The molecule has 0 heterocycles. The lowest BCUT2D eigenvalue weighted by Gasteiger charge is -2.12. The van der Waals surface area contributed by atoms with Crippen molar-refractivity contribution in [2.45, 2.75) is 38.1 Å². The van der Waals surface area contributed by atoms with Gasteiger partial charge in [-0.1, -0.05) is 43.2 Å². The Morgan fingerprint density at radius 2 is 1.81 bits per heavy atom. The van der Waals surface area contributed by atoms with E-state index < -0.39 is 10.0 Å². The van der Waals surface area contributed by atoms with E-state index >= 15 is 0 Å². The predicted molar refractivity (Wildman–Crippen MR) is 82.3 cm³/mol. The van der Waals surface area contributed by atoms with Gasteiger partial charge in [0.1, 0.15) is 0 Å². The van der Waals surface area contributed by atoms with Gasteiger partial charge in [-0.05, 0) is 24.8 Å². The average Bonchev–Trinajstić information content (AvgIpc) is 2.97. The van der Waals surface area contributed by atoms with Crippen molar-refractivity contribution in [3.05, 3.63) is 35.9 Å². The van der Waals surface area contributed by atoms with E-state index in [4.69, 9.17) is 0 Å². The summed E-state index contributed by atoms with van der Waals surface area (Å²) in [4.78, 5) is 11.7. The summed E-state index contributed by atoms with van der Waals surface area (Å²) in [6.07, 6.45) is 4.70. The average molecular weight is 310 g/mol. The van der Waals surface area contributed by atoms with Gasteiger partial charge in [0, 0.05) is 6.04 Å². The maximum Gasteiger partial charge on any atom is 0.235 e. The number of aryl methyl sites for hydroxylation is 1. The molecule has 0 aliphatic heterocycles. The molecule has 6 heteroatoms. The highest BCUT2D eigenvalue weighted by molar-refractivity contribution is 7.89.